The molecule has 0 saturated carbocycles. The van der Waals surface area contributed by atoms with E-state index in [0.717, 1.165) is 16.2 Å². The van der Waals surface area contributed by atoms with Crippen LogP contribution in [0.3, 0.4) is 0 Å². The Kier molecular flexibility index (Phi) is 4.55. The molecule has 1 rings (SSSR count). The molecule has 0 bridgehead atoms. The molecule has 0 atom stereocenters. The summed E-state index contributed by atoms with van der Waals surface area (Å²) < 4.78 is 0. The third-order valence-corrected chi connectivity index (χ3v) is 3.15. The van der Waals surface area contributed by atoms with Crippen molar-refractivity contribution >= 4 is 11.8 Å². The van der Waals surface area contributed by atoms with E-state index in [1.165, 1.54) is 18.4 Å². The molecule has 0 saturated heterocycles. The van der Waals surface area contributed by atoms with Crippen molar-refractivity contribution in [2.75, 3.05) is 5.75 Å². The topological polar surface area (TPSA) is 23.8 Å². The van der Waals surface area contributed by atoms with Gasteiger partial charge in [0.2, 0.25) is 0 Å². The van der Waals surface area contributed by atoms with Crippen molar-refractivity contribution < 1.29 is 0 Å². The maximum atomic E-state index is 8.90. The van der Waals surface area contributed by atoms with Gasteiger partial charge in [0, 0.05) is 4.90 Å². The van der Waals surface area contributed by atoms with Gasteiger partial charge in [-0.05, 0) is 36.8 Å². The van der Waals surface area contributed by atoms with Gasteiger partial charge in [-0.2, -0.15) is 5.26 Å². The third-order valence-electron chi connectivity index (χ3n) is 2.01. The van der Waals surface area contributed by atoms with E-state index in [1.807, 2.05) is 12.1 Å². The molecule has 0 aliphatic heterocycles. The van der Waals surface area contributed by atoms with Crippen LogP contribution in [-0.2, 0) is 0 Å². The van der Waals surface area contributed by atoms with Crippen LogP contribution in [0.5, 0.6) is 0 Å². The number of nitrogens with zero attached hydrogens (tertiary/aromatic N) is 1. The number of unbranched alkanes of at least 4 members (excludes halogenated alkanes) is 1. The second kappa shape index (κ2) is 5.72. The summed E-state index contributed by atoms with van der Waals surface area (Å²) >= 11 is 1.79. The van der Waals surface area contributed by atoms with Gasteiger partial charge in [-0.3, -0.25) is 0 Å². The second-order valence-corrected chi connectivity index (χ2v) is 4.45. The van der Waals surface area contributed by atoms with Gasteiger partial charge in [0.15, 0.2) is 0 Å². The van der Waals surface area contributed by atoms with Gasteiger partial charge in [-0.15, -0.1) is 11.8 Å². The van der Waals surface area contributed by atoms with Gasteiger partial charge >= 0.3 is 0 Å². The van der Waals surface area contributed by atoms with Crippen molar-refractivity contribution in [3.8, 4) is 6.07 Å². The fraction of sp³-hybridized carbons (Fsp3) is 0.417. The van der Waals surface area contributed by atoms with Crippen molar-refractivity contribution in [1.82, 2.24) is 0 Å². The lowest BCUT2D eigenvalue weighted by atomic mass is 10.2. The fourth-order valence-corrected chi connectivity index (χ4v) is 2.36. The highest BCUT2D eigenvalue weighted by molar-refractivity contribution is 7.99. The van der Waals surface area contributed by atoms with Gasteiger partial charge < -0.3 is 0 Å². The van der Waals surface area contributed by atoms with Crippen LogP contribution < -0.4 is 0 Å². The van der Waals surface area contributed by atoms with Crippen molar-refractivity contribution in [2.45, 2.75) is 31.6 Å². The number of benzene rings is 1. The van der Waals surface area contributed by atoms with Crippen LogP contribution >= 0.6 is 11.8 Å². The van der Waals surface area contributed by atoms with Gasteiger partial charge in [0.1, 0.15) is 6.07 Å². The predicted octanol–water partition coefficient (Wildman–Crippen LogP) is 3.76. The molecule has 0 unspecified atom stereocenters. The second-order valence-electron chi connectivity index (χ2n) is 3.31. The lowest BCUT2D eigenvalue weighted by molar-refractivity contribution is 0.896. The van der Waals surface area contributed by atoms with Crippen molar-refractivity contribution in [3.63, 3.8) is 0 Å². The summed E-state index contributed by atoms with van der Waals surface area (Å²) in [5, 5.41) is 8.90. The summed E-state index contributed by atoms with van der Waals surface area (Å²) in [7, 11) is 0. The van der Waals surface area contributed by atoms with E-state index >= 15 is 0 Å². The number of hydrogen-bond acceptors (Lipinski definition) is 2. The maximum absolute atomic E-state index is 8.90. The van der Waals surface area contributed by atoms with E-state index in [9.17, 15) is 0 Å². The smallest absolute Gasteiger partial charge is 0.100 e. The van der Waals surface area contributed by atoms with E-state index in [1.54, 1.807) is 11.8 Å². The van der Waals surface area contributed by atoms with E-state index in [4.69, 9.17) is 5.26 Å². The molecule has 74 valence electrons. The maximum Gasteiger partial charge on any atom is 0.100 e. The SMILES string of the molecule is CCCCSc1cc(C)ccc1C#N. The van der Waals surface area contributed by atoms with Crippen molar-refractivity contribution in [2.24, 2.45) is 0 Å². The van der Waals surface area contributed by atoms with Crippen LogP contribution in [0.15, 0.2) is 23.1 Å². The minimum Gasteiger partial charge on any atom is -0.192 e. The number of nitriles is 1. The first-order valence-corrected chi connectivity index (χ1v) is 5.90. The Morgan fingerprint density at radius 2 is 2.21 bits per heavy atom. The standard InChI is InChI=1S/C12H15NS/c1-3-4-7-14-12-8-10(2)5-6-11(12)9-13/h5-6,8H,3-4,7H2,1-2H3. The molecule has 0 aliphatic rings. The molecular weight excluding hydrogens is 190 g/mol. The summed E-state index contributed by atoms with van der Waals surface area (Å²) in [4.78, 5) is 1.13. The Morgan fingerprint density at radius 1 is 1.43 bits per heavy atom. The molecule has 0 spiro atoms. The number of thioether (sulfide) groups is 1. The number of hydrogen-bond donors (Lipinski definition) is 0. The first-order valence-electron chi connectivity index (χ1n) is 4.91. The molecule has 1 aromatic rings. The summed E-state index contributed by atoms with van der Waals surface area (Å²) in [6, 6.07) is 8.22. The zero-order chi connectivity index (χ0) is 10.4. The van der Waals surface area contributed by atoms with Crippen molar-refractivity contribution in [1.29, 1.82) is 5.26 Å². The molecule has 1 nitrogen and oxygen atoms in total. The molecule has 0 aromatic heterocycles. The monoisotopic (exact) mass is 205 g/mol. The van der Waals surface area contributed by atoms with Gasteiger partial charge in [-0.25, -0.2) is 0 Å². The largest absolute Gasteiger partial charge is 0.192 e. The van der Waals surface area contributed by atoms with Crippen LogP contribution in [0.4, 0.5) is 0 Å². The molecule has 0 N–H and O–H groups in total. The molecular formula is C12H15NS. The first kappa shape index (κ1) is 11.1. The molecule has 0 amide bonds. The molecule has 14 heavy (non-hydrogen) atoms. The summed E-state index contributed by atoms with van der Waals surface area (Å²) in [6.07, 6.45) is 2.42. The predicted molar refractivity (Wildman–Crippen MR) is 61.5 cm³/mol. The highest BCUT2D eigenvalue weighted by Crippen LogP contribution is 2.24. The summed E-state index contributed by atoms with van der Waals surface area (Å²) in [5.74, 6) is 1.11. The average Bonchev–Trinajstić information content (AvgIpc) is 2.19. The molecule has 2 heteroatoms. The van der Waals surface area contributed by atoms with Gasteiger partial charge in [0.05, 0.1) is 5.56 Å². The van der Waals surface area contributed by atoms with Crippen LogP contribution in [0.2, 0.25) is 0 Å². The van der Waals surface area contributed by atoms with Gasteiger partial charge in [-0.1, -0.05) is 19.4 Å². The fourth-order valence-electron chi connectivity index (χ4n) is 1.17. The van der Waals surface area contributed by atoms with E-state index in [2.05, 4.69) is 26.0 Å². The van der Waals surface area contributed by atoms with E-state index in [-0.39, 0.29) is 0 Å². The lowest BCUT2D eigenvalue weighted by Crippen LogP contribution is -1.85. The van der Waals surface area contributed by atoms with E-state index in [0.29, 0.717) is 0 Å². The first-order chi connectivity index (χ1) is 6.77. The van der Waals surface area contributed by atoms with Crippen LogP contribution in [0, 0.1) is 18.3 Å². The molecule has 0 heterocycles. The Morgan fingerprint density at radius 3 is 2.86 bits per heavy atom. The Labute approximate surface area is 90.1 Å². The highest BCUT2D eigenvalue weighted by atomic mass is 32.2. The minimum atomic E-state index is 0.803. The number of aryl methyl sites for hydroxylation is 1. The van der Waals surface area contributed by atoms with E-state index < -0.39 is 0 Å². The Balaban J connectivity index is 2.73. The molecule has 0 fully saturated rings. The highest BCUT2D eigenvalue weighted by Gasteiger charge is 2.01. The Bertz CT molecular complexity index is 339. The zero-order valence-corrected chi connectivity index (χ0v) is 9.53. The summed E-state index contributed by atoms with van der Waals surface area (Å²) in [6.45, 7) is 4.24. The number of rotatable bonds is 4. The summed E-state index contributed by atoms with van der Waals surface area (Å²) in [5.41, 5.74) is 2.03. The minimum absolute atomic E-state index is 0.803. The molecule has 1 aromatic carbocycles. The van der Waals surface area contributed by atoms with Crippen molar-refractivity contribution in [3.05, 3.63) is 29.3 Å². The van der Waals surface area contributed by atoms with Crippen LogP contribution in [0.25, 0.3) is 0 Å². The lowest BCUT2D eigenvalue weighted by Gasteiger charge is -2.04. The van der Waals surface area contributed by atoms with Crippen LogP contribution in [0.1, 0.15) is 30.9 Å². The average molecular weight is 205 g/mol. The molecule has 0 radical (unpaired) electrons. The third kappa shape index (κ3) is 3.08. The normalized spacial score (nSPS) is 9.79. The van der Waals surface area contributed by atoms with Crippen LogP contribution in [-0.4, -0.2) is 5.75 Å². The quantitative estimate of drug-likeness (QED) is 0.552. The Hall–Kier alpha value is -0.940. The molecule has 0 aliphatic carbocycles. The zero-order valence-electron chi connectivity index (χ0n) is 8.71. The van der Waals surface area contributed by atoms with Gasteiger partial charge in [0.25, 0.3) is 0 Å².